The predicted molar refractivity (Wildman–Crippen MR) is 88.6 cm³/mol. The zero-order valence-corrected chi connectivity index (χ0v) is 13.1. The highest BCUT2D eigenvalue weighted by Gasteiger charge is 2.05. The van der Waals surface area contributed by atoms with E-state index in [1.54, 1.807) is 7.11 Å². The van der Waals surface area contributed by atoms with Crippen LogP contribution in [0.3, 0.4) is 0 Å². The molecule has 0 aromatic heterocycles. The molecule has 2 rings (SSSR count). The van der Waals surface area contributed by atoms with Crippen LogP contribution in [0, 0.1) is 0 Å². The summed E-state index contributed by atoms with van der Waals surface area (Å²) in [4.78, 5) is 0. The van der Waals surface area contributed by atoms with Crippen LogP contribution in [0.1, 0.15) is 11.1 Å². The Kier molecular flexibility index (Phi) is 7.65. The molecule has 0 saturated carbocycles. The van der Waals surface area contributed by atoms with Crippen molar-refractivity contribution in [3.05, 3.63) is 59.7 Å². The van der Waals surface area contributed by atoms with Crippen LogP contribution in [0.15, 0.2) is 48.5 Å². The molecular weight excluding hydrogens is 286 g/mol. The molecule has 0 aliphatic heterocycles. The molecule has 21 heavy (non-hydrogen) atoms. The summed E-state index contributed by atoms with van der Waals surface area (Å²) in [6.45, 7) is 1.27. The summed E-state index contributed by atoms with van der Waals surface area (Å²) in [6, 6.07) is 16.3. The summed E-state index contributed by atoms with van der Waals surface area (Å²) in [5.74, 6) is 1.55. The number of methoxy groups -OCH3 is 1. The Morgan fingerprint density at radius 2 is 1.67 bits per heavy atom. The van der Waals surface area contributed by atoms with Crippen LogP contribution in [0.5, 0.6) is 11.5 Å². The van der Waals surface area contributed by atoms with Crippen molar-refractivity contribution in [1.82, 2.24) is 0 Å². The van der Waals surface area contributed by atoms with E-state index in [1.165, 1.54) is 11.1 Å². The zero-order valence-electron chi connectivity index (χ0n) is 12.2. The molecular formula is C17H22ClNO2. The minimum absolute atomic E-state index is 0. The molecule has 0 atom stereocenters. The molecule has 0 heterocycles. The van der Waals surface area contributed by atoms with Gasteiger partial charge < -0.3 is 15.2 Å². The Balaban J connectivity index is 0.00000220. The van der Waals surface area contributed by atoms with Gasteiger partial charge in [-0.1, -0.05) is 36.4 Å². The fraction of sp³-hybridized carbons (Fsp3) is 0.294. The number of halogens is 1. The van der Waals surface area contributed by atoms with E-state index in [-0.39, 0.29) is 12.4 Å². The lowest BCUT2D eigenvalue weighted by molar-refractivity contribution is 0.297. The summed E-state index contributed by atoms with van der Waals surface area (Å²) in [6.07, 6.45) is 1.73. The topological polar surface area (TPSA) is 44.5 Å². The first-order chi connectivity index (χ1) is 9.83. The van der Waals surface area contributed by atoms with E-state index < -0.39 is 0 Å². The highest BCUT2D eigenvalue weighted by molar-refractivity contribution is 5.85. The van der Waals surface area contributed by atoms with E-state index >= 15 is 0 Å². The molecule has 2 aromatic rings. The van der Waals surface area contributed by atoms with Crippen LogP contribution in [-0.4, -0.2) is 20.3 Å². The van der Waals surface area contributed by atoms with Gasteiger partial charge in [-0.3, -0.25) is 0 Å². The average Bonchev–Trinajstić information content (AvgIpc) is 2.49. The van der Waals surface area contributed by atoms with Gasteiger partial charge in [-0.25, -0.2) is 0 Å². The molecule has 4 heteroatoms. The average molecular weight is 308 g/mol. The van der Waals surface area contributed by atoms with Crippen molar-refractivity contribution in [2.24, 2.45) is 5.73 Å². The van der Waals surface area contributed by atoms with Crippen LogP contribution in [-0.2, 0) is 12.8 Å². The number of benzene rings is 2. The second-order valence-electron chi connectivity index (χ2n) is 4.61. The zero-order chi connectivity index (χ0) is 14.2. The Morgan fingerprint density at radius 3 is 2.33 bits per heavy atom. The molecule has 0 fully saturated rings. The van der Waals surface area contributed by atoms with Gasteiger partial charge in [0.25, 0.3) is 0 Å². The molecule has 0 radical (unpaired) electrons. The molecule has 2 aromatic carbocycles. The van der Waals surface area contributed by atoms with E-state index in [0.29, 0.717) is 13.2 Å². The van der Waals surface area contributed by atoms with Gasteiger partial charge in [-0.2, -0.15) is 0 Å². The molecule has 0 amide bonds. The highest BCUT2D eigenvalue weighted by Crippen LogP contribution is 2.28. The van der Waals surface area contributed by atoms with Gasteiger partial charge in [0.05, 0.1) is 13.7 Å². The Bertz CT molecular complexity index is 532. The van der Waals surface area contributed by atoms with Crippen molar-refractivity contribution in [2.75, 3.05) is 20.3 Å². The van der Waals surface area contributed by atoms with Crippen LogP contribution in [0.4, 0.5) is 0 Å². The van der Waals surface area contributed by atoms with E-state index in [0.717, 1.165) is 24.3 Å². The van der Waals surface area contributed by atoms with Gasteiger partial charge in [0, 0.05) is 6.42 Å². The Labute approximate surface area is 132 Å². The largest absolute Gasteiger partial charge is 0.493 e. The van der Waals surface area contributed by atoms with Crippen molar-refractivity contribution in [3.63, 3.8) is 0 Å². The van der Waals surface area contributed by atoms with Gasteiger partial charge in [0.2, 0.25) is 0 Å². The van der Waals surface area contributed by atoms with Crippen LogP contribution in [0.2, 0.25) is 0 Å². The van der Waals surface area contributed by atoms with Gasteiger partial charge in [0.1, 0.15) is 0 Å². The third-order valence-electron chi connectivity index (χ3n) is 3.15. The first-order valence-electron chi connectivity index (χ1n) is 6.87. The minimum atomic E-state index is 0. The highest BCUT2D eigenvalue weighted by atomic mass is 35.5. The first-order valence-corrected chi connectivity index (χ1v) is 6.87. The van der Waals surface area contributed by atoms with Crippen molar-refractivity contribution in [3.8, 4) is 11.5 Å². The van der Waals surface area contributed by atoms with Crippen molar-refractivity contribution in [2.45, 2.75) is 12.8 Å². The van der Waals surface area contributed by atoms with Crippen LogP contribution in [0.25, 0.3) is 0 Å². The fourth-order valence-electron chi connectivity index (χ4n) is 2.08. The first kappa shape index (κ1) is 17.3. The summed E-state index contributed by atoms with van der Waals surface area (Å²) in [7, 11) is 1.65. The normalized spacial score (nSPS) is 9.81. The van der Waals surface area contributed by atoms with Gasteiger partial charge in [-0.05, 0) is 36.2 Å². The molecule has 0 aliphatic carbocycles. The van der Waals surface area contributed by atoms with Crippen LogP contribution >= 0.6 is 12.4 Å². The summed E-state index contributed by atoms with van der Waals surface area (Å²) >= 11 is 0. The van der Waals surface area contributed by atoms with Gasteiger partial charge in [-0.15, -0.1) is 12.4 Å². The van der Waals surface area contributed by atoms with Crippen molar-refractivity contribution >= 4 is 12.4 Å². The lowest BCUT2D eigenvalue weighted by Crippen LogP contribution is -2.05. The molecule has 2 N–H and O–H groups in total. The lowest BCUT2D eigenvalue weighted by atomic mass is 10.1. The number of ether oxygens (including phenoxy) is 2. The maximum Gasteiger partial charge on any atom is 0.161 e. The molecule has 0 unspecified atom stereocenters. The van der Waals surface area contributed by atoms with Crippen molar-refractivity contribution < 1.29 is 9.47 Å². The Morgan fingerprint density at radius 1 is 0.905 bits per heavy atom. The second-order valence-corrected chi connectivity index (χ2v) is 4.61. The van der Waals surface area contributed by atoms with Gasteiger partial charge >= 0.3 is 0 Å². The number of nitrogens with two attached hydrogens (primary N) is 1. The second kappa shape index (κ2) is 9.27. The van der Waals surface area contributed by atoms with Crippen LogP contribution < -0.4 is 15.2 Å². The quantitative estimate of drug-likeness (QED) is 0.854. The number of rotatable bonds is 7. The molecule has 114 valence electrons. The summed E-state index contributed by atoms with van der Waals surface area (Å²) in [5.41, 5.74) is 8.02. The minimum Gasteiger partial charge on any atom is -0.493 e. The predicted octanol–water partition coefficient (Wildman–Crippen LogP) is 3.24. The number of hydrogen-bond donors (Lipinski definition) is 1. The standard InChI is InChI=1S/C17H21NO2.ClH/c1-19-16-8-7-15(9-11-18)13-17(16)20-12-10-14-5-3-2-4-6-14;/h2-8,13H,9-12,18H2,1H3;1H. The molecule has 0 bridgehead atoms. The third kappa shape index (κ3) is 5.29. The number of hydrogen-bond acceptors (Lipinski definition) is 3. The molecule has 0 aliphatic rings. The SMILES string of the molecule is COc1ccc(CCN)cc1OCCc1ccccc1.Cl. The van der Waals surface area contributed by atoms with E-state index in [4.69, 9.17) is 15.2 Å². The maximum absolute atomic E-state index is 5.85. The fourth-order valence-corrected chi connectivity index (χ4v) is 2.08. The van der Waals surface area contributed by atoms with Gasteiger partial charge in [0.15, 0.2) is 11.5 Å². The lowest BCUT2D eigenvalue weighted by Gasteiger charge is -2.12. The summed E-state index contributed by atoms with van der Waals surface area (Å²) in [5, 5.41) is 0. The molecule has 3 nitrogen and oxygen atoms in total. The smallest absolute Gasteiger partial charge is 0.161 e. The molecule has 0 spiro atoms. The van der Waals surface area contributed by atoms with E-state index in [2.05, 4.69) is 12.1 Å². The molecule has 0 saturated heterocycles. The monoisotopic (exact) mass is 307 g/mol. The van der Waals surface area contributed by atoms with Crippen molar-refractivity contribution in [1.29, 1.82) is 0 Å². The Hall–Kier alpha value is -1.71. The van der Waals surface area contributed by atoms with E-state index in [9.17, 15) is 0 Å². The summed E-state index contributed by atoms with van der Waals surface area (Å²) < 4.78 is 11.2. The maximum atomic E-state index is 5.85. The third-order valence-corrected chi connectivity index (χ3v) is 3.15. The van der Waals surface area contributed by atoms with E-state index in [1.807, 2.05) is 36.4 Å².